The van der Waals surface area contributed by atoms with E-state index in [1.807, 2.05) is 0 Å². The van der Waals surface area contributed by atoms with Crippen molar-refractivity contribution in [3.05, 3.63) is 81.9 Å². The van der Waals surface area contributed by atoms with Crippen LogP contribution in [-0.2, 0) is 21.0 Å². The molecule has 0 bridgehead atoms. The summed E-state index contributed by atoms with van der Waals surface area (Å²) in [6.07, 6.45) is 6.97. The number of fused-ring (bicyclic) bond motifs is 2. The summed E-state index contributed by atoms with van der Waals surface area (Å²) in [6.45, 7) is 13.9. The van der Waals surface area contributed by atoms with Crippen molar-refractivity contribution >= 4 is 35.1 Å². The molecular formula is C25H31Cl2SiZr. The van der Waals surface area contributed by atoms with Crippen molar-refractivity contribution in [3.8, 4) is 0 Å². The van der Waals surface area contributed by atoms with Crippen LogP contribution in [-0.4, -0.2) is 5.92 Å². The van der Waals surface area contributed by atoms with E-state index in [1.54, 1.807) is 0 Å². The number of benzene rings is 2. The van der Waals surface area contributed by atoms with E-state index in [0.717, 1.165) is 0 Å². The quantitative estimate of drug-likeness (QED) is 0.357. The van der Waals surface area contributed by atoms with Gasteiger partial charge in [-0.1, -0.05) is 0 Å². The number of hydrogen-bond acceptors (Lipinski definition) is 0. The molecule has 29 heavy (non-hydrogen) atoms. The molecule has 0 aliphatic heterocycles. The Morgan fingerprint density at radius 2 is 1.59 bits per heavy atom. The van der Waals surface area contributed by atoms with Gasteiger partial charge in [0.15, 0.2) is 0 Å². The van der Waals surface area contributed by atoms with Gasteiger partial charge in [-0.15, -0.1) is 0 Å². The zero-order valence-corrected chi connectivity index (χ0v) is 23.4. The summed E-state index contributed by atoms with van der Waals surface area (Å²) < 4.78 is 0.393. The molecule has 0 amide bonds. The molecule has 2 aliphatic rings. The molecule has 0 saturated heterocycles. The van der Waals surface area contributed by atoms with Gasteiger partial charge in [0.2, 0.25) is 0 Å². The zero-order chi connectivity index (χ0) is 21.2. The molecule has 4 heteroatoms. The van der Waals surface area contributed by atoms with Crippen molar-refractivity contribution in [2.45, 2.75) is 53.5 Å². The van der Waals surface area contributed by atoms with E-state index in [2.05, 4.69) is 101 Å². The Morgan fingerprint density at radius 1 is 0.931 bits per heavy atom. The minimum atomic E-state index is -4.35. The van der Waals surface area contributed by atoms with Crippen LogP contribution in [0.3, 0.4) is 0 Å². The van der Waals surface area contributed by atoms with Crippen LogP contribution in [0.2, 0.25) is 13.1 Å². The minimum absolute atomic E-state index is 0.0933. The van der Waals surface area contributed by atoms with Crippen LogP contribution in [0.5, 0.6) is 0 Å². The van der Waals surface area contributed by atoms with E-state index < -0.39 is 21.5 Å². The van der Waals surface area contributed by atoms with E-state index in [9.17, 15) is 0 Å². The van der Waals surface area contributed by atoms with E-state index in [4.69, 9.17) is 17.0 Å². The zero-order valence-electron chi connectivity index (χ0n) is 18.3. The summed E-state index contributed by atoms with van der Waals surface area (Å²) in [6, 6.07) is 15.5. The van der Waals surface area contributed by atoms with Crippen LogP contribution in [0.4, 0.5) is 0 Å². The first-order valence-electron chi connectivity index (χ1n) is 10.6. The molecule has 2 aromatic carbocycles. The third-order valence-corrected chi connectivity index (χ3v) is 59.3. The van der Waals surface area contributed by atoms with Gasteiger partial charge in [0.1, 0.15) is 0 Å². The van der Waals surface area contributed by atoms with Crippen LogP contribution in [0, 0.1) is 0 Å². The van der Waals surface area contributed by atoms with Gasteiger partial charge < -0.3 is 0 Å². The van der Waals surface area contributed by atoms with E-state index in [1.165, 1.54) is 33.4 Å². The van der Waals surface area contributed by atoms with Gasteiger partial charge in [-0.3, -0.25) is 0 Å². The molecule has 4 rings (SSSR count). The molecule has 2 unspecified atom stereocenters. The van der Waals surface area contributed by atoms with Crippen LogP contribution in [0.25, 0.3) is 12.2 Å². The first-order valence-corrected chi connectivity index (χ1v) is 26.9. The third-order valence-electron chi connectivity index (χ3n) is 7.13. The van der Waals surface area contributed by atoms with Gasteiger partial charge in [-0.25, -0.2) is 0 Å². The maximum atomic E-state index is 8.00. The average molecular weight is 522 g/mol. The van der Waals surface area contributed by atoms with Gasteiger partial charge in [0.25, 0.3) is 0 Å². The second kappa shape index (κ2) is 7.06. The predicted molar refractivity (Wildman–Crippen MR) is 130 cm³/mol. The van der Waals surface area contributed by atoms with Gasteiger partial charge in [-0.05, 0) is 0 Å². The Hall–Kier alpha value is -0.400. The van der Waals surface area contributed by atoms with Gasteiger partial charge in [0.05, 0.1) is 0 Å². The van der Waals surface area contributed by atoms with Gasteiger partial charge in [0, 0.05) is 0 Å². The molecule has 2 atom stereocenters. The summed E-state index contributed by atoms with van der Waals surface area (Å²) >= 11 is -4.35. The fourth-order valence-corrected chi connectivity index (χ4v) is 35.7. The van der Waals surface area contributed by atoms with Crippen LogP contribution in [0.15, 0.2) is 54.1 Å². The maximum absolute atomic E-state index is 8.00. The Kier molecular flexibility index (Phi) is 5.31. The molecule has 2 aliphatic carbocycles. The van der Waals surface area contributed by atoms with E-state index >= 15 is 0 Å². The normalized spacial score (nSPS) is 22.2. The Bertz CT molecular complexity index is 1040. The average Bonchev–Trinajstić information content (AvgIpc) is 3.21. The van der Waals surface area contributed by atoms with Crippen molar-refractivity contribution in [1.29, 1.82) is 0 Å². The molecule has 0 saturated carbocycles. The molecule has 0 fully saturated rings. The van der Waals surface area contributed by atoms with Gasteiger partial charge in [-0.2, -0.15) is 0 Å². The summed E-state index contributed by atoms with van der Waals surface area (Å²) in [4.78, 5) is 0. The fourth-order valence-electron chi connectivity index (χ4n) is 5.54. The fraction of sp³-hybridized carbons (Fsp3) is 0.360. The number of halogens is 2. The molecular weight excluding hydrogens is 490 g/mol. The molecule has 0 aromatic heterocycles. The molecule has 2 aromatic rings. The van der Waals surface area contributed by atoms with E-state index in [-0.39, 0.29) is 12.7 Å². The van der Waals surface area contributed by atoms with Crippen LogP contribution in [0.1, 0.15) is 62.8 Å². The Morgan fingerprint density at radius 3 is 2.24 bits per heavy atom. The second-order valence-corrected chi connectivity index (χ2v) is 52.8. The first-order chi connectivity index (χ1) is 13.5. The standard InChI is InChI=1S/C14H17.C9H7.C2H7Si.2ClH.Zr/c1-10-8-11-6-5-7-13(12(11)9-10)14(2,3)4;1-2-5-9-7-3-6-8(9)4-1;1-3-2;;;/h5-9H,1-4H3;1-7H;3H,1-2H3;2*1H;/q;;;;;+2/p-2. The van der Waals surface area contributed by atoms with E-state index in [0.29, 0.717) is 0 Å². The molecule has 0 nitrogen and oxygen atoms in total. The number of rotatable bonds is 3. The first kappa shape index (κ1) is 21.8. The summed E-state index contributed by atoms with van der Waals surface area (Å²) in [5, 5.41) is 0. The predicted octanol–water partition coefficient (Wildman–Crippen LogP) is 8.19. The molecule has 153 valence electrons. The monoisotopic (exact) mass is 519 g/mol. The summed E-state index contributed by atoms with van der Waals surface area (Å²) in [5.41, 5.74) is 8.24. The van der Waals surface area contributed by atoms with Crippen LogP contribution >= 0.6 is 17.0 Å². The van der Waals surface area contributed by atoms with Gasteiger partial charge >= 0.3 is 186 Å². The van der Waals surface area contributed by atoms with Crippen molar-refractivity contribution in [1.82, 2.24) is 0 Å². The molecule has 0 heterocycles. The SMILES string of the molecule is CC1=Cc2c(cccc2C(C)(C)C)[CH]1[Zr]([Cl])([Cl])([CH]1C=Cc2ccccc21)[SiH](C)C. The number of hydrogen-bond donors (Lipinski definition) is 0. The van der Waals surface area contributed by atoms with Crippen molar-refractivity contribution < 1.29 is 15.6 Å². The third kappa shape index (κ3) is 3.16. The number of allylic oxidation sites excluding steroid dienone is 2. The second-order valence-electron chi connectivity index (χ2n) is 10.2. The van der Waals surface area contributed by atoms with Crippen molar-refractivity contribution in [3.63, 3.8) is 0 Å². The van der Waals surface area contributed by atoms with Crippen LogP contribution < -0.4 is 0 Å². The van der Waals surface area contributed by atoms with Crippen molar-refractivity contribution in [2.75, 3.05) is 0 Å². The van der Waals surface area contributed by atoms with Crippen molar-refractivity contribution in [2.24, 2.45) is 0 Å². The summed E-state index contributed by atoms with van der Waals surface area (Å²) in [5.74, 6) is -1.39. The Balaban J connectivity index is 1.96. The molecule has 0 radical (unpaired) electrons. The Labute approximate surface area is 184 Å². The topological polar surface area (TPSA) is 0 Å². The molecule has 0 N–H and O–H groups in total. The summed E-state index contributed by atoms with van der Waals surface area (Å²) in [7, 11) is 16.0. The molecule has 0 spiro atoms.